The molecule has 0 aromatic heterocycles. The molecule has 35 heavy (non-hydrogen) atoms. The summed E-state index contributed by atoms with van der Waals surface area (Å²) in [6.45, 7) is 4.18. The van der Waals surface area contributed by atoms with E-state index in [0.717, 1.165) is 47.5 Å². The second-order valence-corrected chi connectivity index (χ2v) is 9.58. The third kappa shape index (κ3) is 4.78. The summed E-state index contributed by atoms with van der Waals surface area (Å²) in [6, 6.07) is 7.68. The number of hydrogen-bond donors (Lipinski definition) is 1. The molecule has 1 aliphatic carbocycles. The Morgan fingerprint density at radius 1 is 1.17 bits per heavy atom. The predicted molar refractivity (Wildman–Crippen MR) is 144 cm³/mol. The van der Waals surface area contributed by atoms with Crippen LogP contribution in [0.2, 0.25) is 10.0 Å². The summed E-state index contributed by atoms with van der Waals surface area (Å²) in [6.07, 6.45) is 3.74. The first-order chi connectivity index (χ1) is 16.8. The maximum atomic E-state index is 12.1. The molecule has 0 radical (unpaired) electrons. The molecule has 1 heterocycles. The van der Waals surface area contributed by atoms with Gasteiger partial charge in [-0.25, -0.2) is 0 Å². The van der Waals surface area contributed by atoms with Crippen molar-refractivity contribution in [2.75, 3.05) is 45.1 Å². The Morgan fingerprint density at radius 2 is 1.86 bits per heavy atom. The van der Waals surface area contributed by atoms with Gasteiger partial charge in [0.05, 0.1) is 42.2 Å². The summed E-state index contributed by atoms with van der Waals surface area (Å²) in [5.41, 5.74) is 6.95. The number of ether oxygens (including phenoxy) is 2. The van der Waals surface area contributed by atoms with E-state index in [-0.39, 0.29) is 11.8 Å². The van der Waals surface area contributed by atoms with Gasteiger partial charge in [-0.1, -0.05) is 29.8 Å². The number of aliphatic imine (C=N–C) groups is 1. The zero-order valence-corrected chi connectivity index (χ0v) is 21.9. The van der Waals surface area contributed by atoms with Crippen molar-refractivity contribution in [2.45, 2.75) is 25.2 Å². The lowest BCUT2D eigenvalue weighted by Crippen LogP contribution is -2.17. The molecule has 1 N–H and O–H groups in total. The van der Waals surface area contributed by atoms with Crippen LogP contribution < -0.4 is 19.7 Å². The monoisotopic (exact) mass is 513 g/mol. The van der Waals surface area contributed by atoms with Gasteiger partial charge in [0, 0.05) is 37.0 Å². The molecule has 0 fully saturated rings. The molecule has 0 saturated carbocycles. The first-order valence-electron chi connectivity index (χ1n) is 11.4. The van der Waals surface area contributed by atoms with Crippen molar-refractivity contribution in [1.82, 2.24) is 0 Å². The minimum atomic E-state index is -0.253. The summed E-state index contributed by atoms with van der Waals surface area (Å²) in [7, 11) is 7.15. The number of anilines is 2. The Kier molecular flexibility index (Phi) is 7.43. The fraction of sp³-hybridized carbons (Fsp3) is 0.333. The number of benzene rings is 2. The summed E-state index contributed by atoms with van der Waals surface area (Å²) in [4.78, 5) is 19.0. The zero-order valence-electron chi connectivity index (χ0n) is 20.4. The minimum Gasteiger partial charge on any atom is -0.495 e. The fourth-order valence-corrected chi connectivity index (χ4v) is 5.60. The zero-order chi connectivity index (χ0) is 25.3. The normalized spacial score (nSPS) is 17.0. The Morgan fingerprint density at radius 3 is 2.46 bits per heavy atom. The summed E-state index contributed by atoms with van der Waals surface area (Å²) in [5.74, 6) is 0.972. The smallest absolute Gasteiger partial charge is 0.247 e. The molecule has 2 aromatic carbocycles. The van der Waals surface area contributed by atoms with Crippen LogP contribution in [0.25, 0.3) is 0 Å². The molecule has 1 unspecified atom stereocenters. The number of allylic oxidation sites excluding steroid dienone is 1. The average molecular weight is 514 g/mol. The highest BCUT2D eigenvalue weighted by Gasteiger charge is 2.33. The largest absolute Gasteiger partial charge is 0.495 e. The van der Waals surface area contributed by atoms with Gasteiger partial charge in [0.2, 0.25) is 5.91 Å². The van der Waals surface area contributed by atoms with E-state index in [9.17, 15) is 4.79 Å². The third-order valence-electron chi connectivity index (χ3n) is 6.61. The van der Waals surface area contributed by atoms with E-state index < -0.39 is 0 Å². The number of carbonyl (C=O) groups excluding carboxylic acids is 1. The van der Waals surface area contributed by atoms with Crippen molar-refractivity contribution in [3.8, 4) is 11.5 Å². The van der Waals surface area contributed by atoms with Gasteiger partial charge >= 0.3 is 0 Å². The van der Waals surface area contributed by atoms with E-state index >= 15 is 0 Å². The Balaban J connectivity index is 1.70. The number of carbonyl (C=O) groups is 1. The summed E-state index contributed by atoms with van der Waals surface area (Å²) >= 11 is 13.4. The van der Waals surface area contributed by atoms with Crippen LogP contribution in [0.3, 0.4) is 0 Å². The van der Waals surface area contributed by atoms with Crippen LogP contribution in [0.15, 0.2) is 53.1 Å². The maximum Gasteiger partial charge on any atom is 0.247 e. The molecule has 8 heteroatoms. The molecule has 0 spiro atoms. The fourth-order valence-electron chi connectivity index (χ4n) is 4.79. The van der Waals surface area contributed by atoms with Gasteiger partial charge < -0.3 is 19.7 Å². The number of methoxy groups -OCH3 is 2. The lowest BCUT2D eigenvalue weighted by Gasteiger charge is -2.28. The maximum absolute atomic E-state index is 12.1. The second-order valence-electron chi connectivity index (χ2n) is 8.83. The minimum absolute atomic E-state index is 0.125. The highest BCUT2D eigenvalue weighted by Crippen LogP contribution is 2.49. The van der Waals surface area contributed by atoms with E-state index in [2.05, 4.69) is 18.0 Å². The van der Waals surface area contributed by atoms with E-state index in [1.807, 2.05) is 31.1 Å². The van der Waals surface area contributed by atoms with Crippen LogP contribution in [0.5, 0.6) is 11.5 Å². The van der Waals surface area contributed by atoms with Crippen molar-refractivity contribution in [2.24, 2.45) is 4.99 Å². The van der Waals surface area contributed by atoms with E-state index in [1.54, 1.807) is 20.3 Å². The van der Waals surface area contributed by atoms with Crippen molar-refractivity contribution in [1.29, 1.82) is 0 Å². The van der Waals surface area contributed by atoms with E-state index in [0.29, 0.717) is 28.1 Å². The predicted octanol–water partition coefficient (Wildman–Crippen LogP) is 6.27. The van der Waals surface area contributed by atoms with Gasteiger partial charge in [0.15, 0.2) is 0 Å². The molecule has 0 bridgehead atoms. The molecule has 2 aliphatic rings. The molecular formula is C27H29Cl2N3O3. The Labute approximate surface area is 216 Å². The molecule has 2 aromatic rings. The molecule has 1 atom stereocenters. The number of rotatable bonds is 7. The molecule has 0 saturated heterocycles. The Hall–Kier alpha value is -2.96. The van der Waals surface area contributed by atoms with Crippen LogP contribution in [0.4, 0.5) is 11.4 Å². The third-order valence-corrected chi connectivity index (χ3v) is 7.39. The Bertz CT molecular complexity index is 1220. The number of hydrogen-bond acceptors (Lipinski definition) is 5. The first kappa shape index (κ1) is 25.1. The quantitative estimate of drug-likeness (QED) is 0.443. The molecule has 6 nitrogen and oxygen atoms in total. The van der Waals surface area contributed by atoms with E-state index in [4.69, 9.17) is 37.7 Å². The van der Waals surface area contributed by atoms with Gasteiger partial charge in [-0.15, -0.1) is 0 Å². The van der Waals surface area contributed by atoms with E-state index in [1.165, 1.54) is 17.2 Å². The number of amides is 1. The van der Waals surface area contributed by atoms with Crippen LogP contribution in [-0.2, 0) is 4.79 Å². The van der Waals surface area contributed by atoms with Gasteiger partial charge in [0.1, 0.15) is 11.5 Å². The topological polar surface area (TPSA) is 63.2 Å². The second kappa shape index (κ2) is 10.3. The molecule has 1 aliphatic heterocycles. The lowest BCUT2D eigenvalue weighted by molar-refractivity contribution is -0.111. The highest BCUT2D eigenvalue weighted by molar-refractivity contribution is 6.38. The van der Waals surface area contributed by atoms with Crippen molar-refractivity contribution in [3.63, 3.8) is 0 Å². The van der Waals surface area contributed by atoms with Crippen LogP contribution in [-0.4, -0.2) is 46.5 Å². The van der Waals surface area contributed by atoms with Gasteiger partial charge in [-0.3, -0.25) is 9.79 Å². The van der Waals surface area contributed by atoms with Gasteiger partial charge in [0.25, 0.3) is 0 Å². The summed E-state index contributed by atoms with van der Waals surface area (Å²) in [5, 5.41) is 3.99. The molecular weight excluding hydrogens is 485 g/mol. The lowest BCUT2D eigenvalue weighted by atomic mass is 9.78. The standard InChI is InChI=1S/C27H29Cl2N3O3/c1-6-23(33)31-20-10-8-17(32(2)3)12-19(20)27-18-9-7-15(11-16(18)14-30-27)24-25(28)21(34-4)13-22(35-5)26(24)29/h6,8,10,12-13,15H,1,7,9,11,14H2,2-5H3,(H,31,33). The summed E-state index contributed by atoms with van der Waals surface area (Å²) < 4.78 is 10.9. The number of halogens is 2. The number of nitrogens with one attached hydrogen (secondary N) is 1. The van der Waals surface area contributed by atoms with Gasteiger partial charge in [-0.2, -0.15) is 0 Å². The number of nitrogens with zero attached hydrogens (tertiary/aromatic N) is 2. The van der Waals surface area contributed by atoms with Crippen molar-refractivity contribution in [3.05, 3.63) is 69.2 Å². The van der Waals surface area contributed by atoms with Crippen LogP contribution in [0, 0.1) is 0 Å². The highest BCUT2D eigenvalue weighted by atomic mass is 35.5. The van der Waals surface area contributed by atoms with Crippen LogP contribution >= 0.6 is 23.2 Å². The average Bonchev–Trinajstić information content (AvgIpc) is 3.27. The molecule has 184 valence electrons. The van der Waals surface area contributed by atoms with Crippen molar-refractivity contribution >= 4 is 46.2 Å². The molecule has 4 rings (SSSR count). The first-order valence-corrected chi connectivity index (χ1v) is 12.1. The van der Waals surface area contributed by atoms with Crippen LogP contribution in [0.1, 0.15) is 36.3 Å². The van der Waals surface area contributed by atoms with Crippen molar-refractivity contribution < 1.29 is 14.3 Å². The SMILES string of the molecule is C=CC(=O)Nc1ccc(N(C)C)cc1C1=NCC2=C1CCC(c1c(Cl)c(OC)cc(OC)c1Cl)C2. The van der Waals surface area contributed by atoms with Gasteiger partial charge in [-0.05, 0) is 60.6 Å². The molecule has 1 amide bonds.